The van der Waals surface area contributed by atoms with Gasteiger partial charge in [0.15, 0.2) is 11.6 Å². The van der Waals surface area contributed by atoms with Gasteiger partial charge < -0.3 is 10.2 Å². The molecule has 4 nitrogen and oxygen atoms in total. The molecule has 0 saturated heterocycles. The summed E-state index contributed by atoms with van der Waals surface area (Å²) in [7, 11) is 0. The van der Waals surface area contributed by atoms with Crippen molar-refractivity contribution >= 4 is 5.82 Å². The summed E-state index contributed by atoms with van der Waals surface area (Å²) in [6.45, 7) is 1.67. The van der Waals surface area contributed by atoms with Crippen LogP contribution in [0.2, 0.25) is 0 Å². The standard InChI is InChI=1S/C12H12FN3O/c1-8-4-2-5-9(12(8)13)17-11-7-3-6-10(15-11)16-14/h2-7H,14H2,1H3,(H,15,16). The summed E-state index contributed by atoms with van der Waals surface area (Å²) in [5.74, 6) is 5.72. The van der Waals surface area contributed by atoms with Gasteiger partial charge in [-0.25, -0.2) is 10.2 Å². The van der Waals surface area contributed by atoms with Gasteiger partial charge in [-0.2, -0.15) is 4.98 Å². The van der Waals surface area contributed by atoms with Crippen LogP contribution in [0.25, 0.3) is 0 Å². The zero-order chi connectivity index (χ0) is 12.3. The molecule has 1 aromatic heterocycles. The molecule has 2 aromatic rings. The van der Waals surface area contributed by atoms with Gasteiger partial charge >= 0.3 is 0 Å². The highest BCUT2D eigenvalue weighted by molar-refractivity contribution is 5.38. The fraction of sp³-hybridized carbons (Fsp3) is 0.0833. The molecule has 0 aliphatic rings. The van der Waals surface area contributed by atoms with Crippen LogP contribution in [0.5, 0.6) is 11.6 Å². The van der Waals surface area contributed by atoms with E-state index in [0.29, 0.717) is 11.4 Å². The maximum atomic E-state index is 13.7. The minimum atomic E-state index is -0.389. The lowest BCUT2D eigenvalue weighted by atomic mass is 10.2. The molecule has 0 radical (unpaired) electrons. The molecule has 0 aliphatic heterocycles. The van der Waals surface area contributed by atoms with E-state index in [-0.39, 0.29) is 17.4 Å². The maximum Gasteiger partial charge on any atom is 0.221 e. The first-order chi connectivity index (χ1) is 8.20. The van der Waals surface area contributed by atoms with Crippen LogP contribution in [0.4, 0.5) is 10.2 Å². The fourth-order valence-corrected chi connectivity index (χ4v) is 1.36. The monoisotopic (exact) mass is 233 g/mol. The van der Waals surface area contributed by atoms with Crippen LogP contribution in [-0.4, -0.2) is 4.98 Å². The number of pyridine rings is 1. The van der Waals surface area contributed by atoms with Gasteiger partial charge in [0.1, 0.15) is 5.82 Å². The van der Waals surface area contributed by atoms with Crippen molar-refractivity contribution in [1.29, 1.82) is 0 Å². The molecule has 0 aliphatic carbocycles. The number of hydrogen-bond acceptors (Lipinski definition) is 4. The Morgan fingerprint density at radius 3 is 2.76 bits per heavy atom. The van der Waals surface area contributed by atoms with Crippen LogP contribution in [0.15, 0.2) is 36.4 Å². The number of hydrogen-bond donors (Lipinski definition) is 2. The van der Waals surface area contributed by atoms with Gasteiger partial charge in [0.25, 0.3) is 0 Å². The number of aryl methyl sites for hydroxylation is 1. The van der Waals surface area contributed by atoms with E-state index in [1.807, 2.05) is 0 Å². The number of nitrogens with one attached hydrogen (secondary N) is 1. The van der Waals surface area contributed by atoms with Crippen molar-refractivity contribution < 1.29 is 9.13 Å². The van der Waals surface area contributed by atoms with Crippen LogP contribution in [0, 0.1) is 12.7 Å². The van der Waals surface area contributed by atoms with E-state index >= 15 is 0 Å². The average molecular weight is 233 g/mol. The summed E-state index contributed by atoms with van der Waals surface area (Å²) in [5, 5.41) is 0. The smallest absolute Gasteiger partial charge is 0.221 e. The summed E-state index contributed by atoms with van der Waals surface area (Å²) in [6.07, 6.45) is 0. The molecule has 0 bridgehead atoms. The Bertz CT molecular complexity index is 531. The molecule has 0 spiro atoms. The van der Waals surface area contributed by atoms with Crippen molar-refractivity contribution in [2.75, 3.05) is 5.43 Å². The van der Waals surface area contributed by atoms with Crippen molar-refractivity contribution in [2.45, 2.75) is 6.92 Å². The van der Waals surface area contributed by atoms with Crippen molar-refractivity contribution in [2.24, 2.45) is 5.84 Å². The molecule has 5 heteroatoms. The van der Waals surface area contributed by atoms with E-state index in [1.165, 1.54) is 0 Å². The number of ether oxygens (including phenoxy) is 1. The summed E-state index contributed by atoms with van der Waals surface area (Å²) < 4.78 is 19.0. The van der Waals surface area contributed by atoms with Gasteiger partial charge in [0.05, 0.1) is 0 Å². The second-order valence-electron chi connectivity index (χ2n) is 3.49. The van der Waals surface area contributed by atoms with Gasteiger partial charge in [0, 0.05) is 6.07 Å². The van der Waals surface area contributed by atoms with Crippen LogP contribution in [0.3, 0.4) is 0 Å². The summed E-state index contributed by atoms with van der Waals surface area (Å²) in [5.41, 5.74) is 2.92. The molecule has 1 heterocycles. The first kappa shape index (κ1) is 11.3. The van der Waals surface area contributed by atoms with Crippen molar-refractivity contribution in [3.63, 3.8) is 0 Å². The minimum Gasteiger partial charge on any atom is -0.436 e. The first-order valence-corrected chi connectivity index (χ1v) is 5.07. The Kier molecular flexibility index (Phi) is 3.20. The van der Waals surface area contributed by atoms with E-state index in [2.05, 4.69) is 10.4 Å². The summed E-state index contributed by atoms with van der Waals surface area (Å²) in [6, 6.07) is 9.96. The lowest BCUT2D eigenvalue weighted by Gasteiger charge is -2.08. The summed E-state index contributed by atoms with van der Waals surface area (Å²) >= 11 is 0. The molecule has 17 heavy (non-hydrogen) atoms. The van der Waals surface area contributed by atoms with Gasteiger partial charge in [-0.1, -0.05) is 18.2 Å². The van der Waals surface area contributed by atoms with E-state index < -0.39 is 0 Å². The topological polar surface area (TPSA) is 60.2 Å². The van der Waals surface area contributed by atoms with Gasteiger partial charge in [-0.3, -0.25) is 0 Å². The molecule has 88 valence electrons. The fourth-order valence-electron chi connectivity index (χ4n) is 1.36. The van der Waals surface area contributed by atoms with Crippen molar-refractivity contribution in [1.82, 2.24) is 4.98 Å². The Labute approximate surface area is 98.2 Å². The molecule has 2 rings (SSSR count). The Hall–Kier alpha value is -2.14. The number of nitrogen functional groups attached to an aromatic ring is 1. The number of halogens is 1. The van der Waals surface area contributed by atoms with E-state index in [1.54, 1.807) is 43.3 Å². The molecule has 0 fully saturated rings. The van der Waals surface area contributed by atoms with Crippen LogP contribution >= 0.6 is 0 Å². The third-order valence-corrected chi connectivity index (χ3v) is 2.24. The highest BCUT2D eigenvalue weighted by Gasteiger charge is 2.07. The Balaban J connectivity index is 2.28. The maximum absolute atomic E-state index is 13.7. The molecule has 0 amide bonds. The lowest BCUT2D eigenvalue weighted by molar-refractivity contribution is 0.426. The van der Waals surface area contributed by atoms with Crippen LogP contribution < -0.4 is 16.0 Å². The van der Waals surface area contributed by atoms with Crippen molar-refractivity contribution in [3.05, 3.63) is 47.8 Å². The number of nitrogens with two attached hydrogens (primary N) is 1. The zero-order valence-electron chi connectivity index (χ0n) is 9.27. The molecule has 1 aromatic carbocycles. The van der Waals surface area contributed by atoms with Gasteiger partial charge in [-0.05, 0) is 24.6 Å². The van der Waals surface area contributed by atoms with Gasteiger partial charge in [-0.15, -0.1) is 0 Å². The predicted octanol–water partition coefficient (Wildman–Crippen LogP) is 2.61. The number of anilines is 1. The second-order valence-corrected chi connectivity index (χ2v) is 3.49. The second kappa shape index (κ2) is 4.80. The highest BCUT2D eigenvalue weighted by atomic mass is 19.1. The van der Waals surface area contributed by atoms with Crippen LogP contribution in [-0.2, 0) is 0 Å². The molecule has 0 atom stereocenters. The highest BCUT2D eigenvalue weighted by Crippen LogP contribution is 2.25. The van der Waals surface area contributed by atoms with Crippen molar-refractivity contribution in [3.8, 4) is 11.6 Å². The number of benzene rings is 1. The van der Waals surface area contributed by atoms with Gasteiger partial charge in [0.2, 0.25) is 5.88 Å². The SMILES string of the molecule is Cc1cccc(Oc2cccc(NN)n2)c1F. The van der Waals surface area contributed by atoms with E-state index in [0.717, 1.165) is 0 Å². The minimum absolute atomic E-state index is 0.145. The molecule has 3 N–H and O–H groups in total. The number of rotatable bonds is 3. The number of hydrazine groups is 1. The van der Waals surface area contributed by atoms with Crippen LogP contribution in [0.1, 0.15) is 5.56 Å². The zero-order valence-corrected chi connectivity index (χ0v) is 9.27. The third-order valence-electron chi connectivity index (χ3n) is 2.24. The Morgan fingerprint density at radius 1 is 1.24 bits per heavy atom. The quantitative estimate of drug-likeness (QED) is 0.632. The molecule has 0 unspecified atom stereocenters. The lowest BCUT2D eigenvalue weighted by Crippen LogP contribution is -2.08. The molecular formula is C12H12FN3O. The predicted molar refractivity (Wildman–Crippen MR) is 63.3 cm³/mol. The van der Waals surface area contributed by atoms with E-state index in [9.17, 15) is 4.39 Å². The molecular weight excluding hydrogens is 221 g/mol. The average Bonchev–Trinajstić information content (AvgIpc) is 2.35. The molecule has 0 saturated carbocycles. The Morgan fingerprint density at radius 2 is 2.00 bits per heavy atom. The summed E-state index contributed by atoms with van der Waals surface area (Å²) in [4.78, 5) is 4.03. The number of nitrogens with zero attached hydrogens (tertiary/aromatic N) is 1. The third kappa shape index (κ3) is 2.51. The largest absolute Gasteiger partial charge is 0.436 e. The normalized spacial score (nSPS) is 10.1. The number of aromatic nitrogens is 1. The van der Waals surface area contributed by atoms with E-state index in [4.69, 9.17) is 10.6 Å². The first-order valence-electron chi connectivity index (χ1n) is 5.07.